The summed E-state index contributed by atoms with van der Waals surface area (Å²) in [7, 11) is 0. The maximum absolute atomic E-state index is 11.8. The van der Waals surface area contributed by atoms with Crippen LogP contribution in [0.15, 0.2) is 29.9 Å². The zero-order valence-corrected chi connectivity index (χ0v) is 14.2. The Morgan fingerprint density at radius 3 is 2.24 bits per heavy atom. The SMILES string of the molecule is C=C(C)/C(=C\c1cc(CCC)cc(CCC)c1C)C(C)=O. The Labute approximate surface area is 129 Å². The van der Waals surface area contributed by atoms with Crippen LogP contribution < -0.4 is 0 Å². The van der Waals surface area contributed by atoms with Crippen LogP contribution in [-0.4, -0.2) is 5.78 Å². The van der Waals surface area contributed by atoms with Gasteiger partial charge in [-0.1, -0.05) is 45.4 Å². The van der Waals surface area contributed by atoms with Crippen LogP contribution in [0.1, 0.15) is 62.8 Å². The third-order valence-corrected chi connectivity index (χ3v) is 3.81. The fourth-order valence-electron chi connectivity index (χ4n) is 2.66. The van der Waals surface area contributed by atoms with Gasteiger partial charge >= 0.3 is 0 Å². The summed E-state index contributed by atoms with van der Waals surface area (Å²) in [6.07, 6.45) is 6.46. The Morgan fingerprint density at radius 2 is 1.76 bits per heavy atom. The van der Waals surface area contributed by atoms with Crippen molar-refractivity contribution in [2.45, 2.75) is 60.3 Å². The lowest BCUT2D eigenvalue weighted by Gasteiger charge is -2.13. The molecule has 1 nitrogen and oxygen atoms in total. The molecule has 0 aliphatic rings. The number of Topliss-reactive ketones (excluding diaryl/α,β-unsaturated/α-hetero) is 1. The fraction of sp³-hybridized carbons (Fsp3) is 0.450. The number of benzene rings is 1. The predicted octanol–water partition coefficient (Wildman–Crippen LogP) is 5.45. The van der Waals surface area contributed by atoms with E-state index in [0.29, 0.717) is 0 Å². The van der Waals surface area contributed by atoms with Gasteiger partial charge in [-0.2, -0.15) is 0 Å². The monoisotopic (exact) mass is 284 g/mol. The van der Waals surface area contributed by atoms with Crippen LogP contribution in [0.4, 0.5) is 0 Å². The van der Waals surface area contributed by atoms with Gasteiger partial charge in [-0.05, 0) is 67.5 Å². The number of carbonyl (C=O) groups excluding carboxylic acids is 1. The first-order valence-electron chi connectivity index (χ1n) is 7.91. The summed E-state index contributed by atoms with van der Waals surface area (Å²) in [4.78, 5) is 11.8. The zero-order valence-electron chi connectivity index (χ0n) is 14.2. The van der Waals surface area contributed by atoms with E-state index in [1.54, 1.807) is 6.92 Å². The number of hydrogen-bond acceptors (Lipinski definition) is 1. The van der Waals surface area contributed by atoms with E-state index in [4.69, 9.17) is 0 Å². The fourth-order valence-corrected chi connectivity index (χ4v) is 2.66. The molecule has 0 radical (unpaired) electrons. The van der Waals surface area contributed by atoms with Crippen molar-refractivity contribution in [3.63, 3.8) is 0 Å². The second kappa shape index (κ2) is 7.97. The molecule has 114 valence electrons. The molecule has 0 N–H and O–H groups in total. The topological polar surface area (TPSA) is 17.1 Å². The molecule has 21 heavy (non-hydrogen) atoms. The summed E-state index contributed by atoms with van der Waals surface area (Å²) in [5.74, 6) is 0.0832. The van der Waals surface area contributed by atoms with Gasteiger partial charge in [0.1, 0.15) is 0 Å². The molecule has 1 aromatic rings. The molecule has 0 spiro atoms. The number of allylic oxidation sites excluding steroid dienone is 2. The largest absolute Gasteiger partial charge is 0.295 e. The van der Waals surface area contributed by atoms with E-state index in [9.17, 15) is 4.79 Å². The smallest absolute Gasteiger partial charge is 0.160 e. The van der Waals surface area contributed by atoms with Gasteiger partial charge in [0.2, 0.25) is 0 Å². The first-order valence-corrected chi connectivity index (χ1v) is 7.91. The highest BCUT2D eigenvalue weighted by Gasteiger charge is 2.09. The molecule has 0 saturated carbocycles. The molecular weight excluding hydrogens is 256 g/mol. The van der Waals surface area contributed by atoms with E-state index in [1.165, 1.54) is 16.7 Å². The Hall–Kier alpha value is -1.63. The van der Waals surface area contributed by atoms with Crippen molar-refractivity contribution in [3.05, 3.63) is 52.1 Å². The normalized spacial score (nSPS) is 11.6. The molecule has 0 aliphatic heterocycles. The van der Waals surface area contributed by atoms with Gasteiger partial charge in [0.25, 0.3) is 0 Å². The van der Waals surface area contributed by atoms with Crippen molar-refractivity contribution in [1.82, 2.24) is 0 Å². The molecule has 0 fully saturated rings. The lowest BCUT2D eigenvalue weighted by Crippen LogP contribution is -2.00. The summed E-state index contributed by atoms with van der Waals surface area (Å²) in [6.45, 7) is 14.0. The third-order valence-electron chi connectivity index (χ3n) is 3.81. The van der Waals surface area contributed by atoms with E-state index in [0.717, 1.165) is 42.4 Å². The first kappa shape index (κ1) is 17.4. The molecule has 0 bridgehead atoms. The Kier molecular flexibility index (Phi) is 6.61. The highest BCUT2D eigenvalue weighted by Crippen LogP contribution is 2.24. The molecule has 0 saturated heterocycles. The van der Waals surface area contributed by atoms with Gasteiger partial charge in [0.05, 0.1) is 0 Å². The quantitative estimate of drug-likeness (QED) is 0.481. The van der Waals surface area contributed by atoms with Crippen LogP contribution in [0.5, 0.6) is 0 Å². The molecular formula is C20H28O. The second-order valence-corrected chi connectivity index (χ2v) is 5.86. The van der Waals surface area contributed by atoms with Gasteiger partial charge in [0.15, 0.2) is 5.78 Å². The summed E-state index contributed by atoms with van der Waals surface area (Å²) in [5, 5.41) is 0. The van der Waals surface area contributed by atoms with E-state index in [-0.39, 0.29) is 5.78 Å². The van der Waals surface area contributed by atoms with Gasteiger partial charge in [-0.3, -0.25) is 4.79 Å². The van der Waals surface area contributed by atoms with Crippen LogP contribution in [0.2, 0.25) is 0 Å². The third kappa shape index (κ3) is 4.70. The average Bonchev–Trinajstić information content (AvgIpc) is 2.40. The Balaban J connectivity index is 3.42. The molecule has 0 aromatic heterocycles. The van der Waals surface area contributed by atoms with E-state index in [1.807, 2.05) is 13.0 Å². The molecule has 0 atom stereocenters. The zero-order chi connectivity index (χ0) is 16.0. The van der Waals surface area contributed by atoms with Gasteiger partial charge in [0, 0.05) is 5.57 Å². The van der Waals surface area contributed by atoms with Crippen molar-refractivity contribution >= 4 is 11.9 Å². The van der Waals surface area contributed by atoms with E-state index >= 15 is 0 Å². The molecule has 1 heteroatoms. The minimum Gasteiger partial charge on any atom is -0.295 e. The van der Waals surface area contributed by atoms with Crippen molar-refractivity contribution in [2.24, 2.45) is 0 Å². The lowest BCUT2D eigenvalue weighted by molar-refractivity contribution is -0.113. The molecule has 0 heterocycles. The highest BCUT2D eigenvalue weighted by atomic mass is 16.1. The number of rotatable bonds is 7. The Morgan fingerprint density at radius 1 is 1.14 bits per heavy atom. The van der Waals surface area contributed by atoms with E-state index < -0.39 is 0 Å². The number of ketones is 1. The van der Waals surface area contributed by atoms with Crippen LogP contribution >= 0.6 is 0 Å². The van der Waals surface area contributed by atoms with E-state index in [2.05, 4.69) is 39.5 Å². The summed E-state index contributed by atoms with van der Waals surface area (Å²) < 4.78 is 0. The number of hydrogen-bond donors (Lipinski definition) is 0. The number of aryl methyl sites for hydroxylation is 2. The van der Waals surface area contributed by atoms with Crippen molar-refractivity contribution < 1.29 is 4.79 Å². The van der Waals surface area contributed by atoms with Crippen molar-refractivity contribution in [3.8, 4) is 0 Å². The lowest BCUT2D eigenvalue weighted by atomic mass is 9.92. The minimum atomic E-state index is 0.0832. The maximum atomic E-state index is 11.8. The maximum Gasteiger partial charge on any atom is 0.160 e. The molecule has 0 amide bonds. The average molecular weight is 284 g/mol. The summed E-state index contributed by atoms with van der Waals surface area (Å²) in [6, 6.07) is 4.55. The molecule has 1 rings (SSSR count). The molecule has 1 aromatic carbocycles. The highest BCUT2D eigenvalue weighted by molar-refractivity contribution is 6.02. The van der Waals surface area contributed by atoms with Crippen LogP contribution in [0.25, 0.3) is 6.08 Å². The van der Waals surface area contributed by atoms with Crippen molar-refractivity contribution in [2.75, 3.05) is 0 Å². The molecule has 0 unspecified atom stereocenters. The first-order chi connectivity index (χ1) is 9.90. The van der Waals surface area contributed by atoms with Gasteiger partial charge in [-0.25, -0.2) is 0 Å². The van der Waals surface area contributed by atoms with Crippen LogP contribution in [-0.2, 0) is 17.6 Å². The standard InChI is InChI=1S/C20H28O/c1-7-9-17-11-18(10-8-2)15(5)19(12-17)13-20(14(3)4)16(6)21/h11-13H,3,7-10H2,1-2,4-6H3/b20-13+. The van der Waals surface area contributed by atoms with Crippen molar-refractivity contribution in [1.29, 1.82) is 0 Å². The van der Waals surface area contributed by atoms with Gasteiger partial charge in [-0.15, -0.1) is 0 Å². The molecule has 0 aliphatic carbocycles. The van der Waals surface area contributed by atoms with Crippen LogP contribution in [0.3, 0.4) is 0 Å². The summed E-state index contributed by atoms with van der Waals surface area (Å²) in [5.41, 5.74) is 6.78. The second-order valence-electron chi connectivity index (χ2n) is 5.86. The predicted molar refractivity (Wildman–Crippen MR) is 92.6 cm³/mol. The van der Waals surface area contributed by atoms with Gasteiger partial charge < -0.3 is 0 Å². The summed E-state index contributed by atoms with van der Waals surface area (Å²) >= 11 is 0. The van der Waals surface area contributed by atoms with Crippen LogP contribution in [0, 0.1) is 6.92 Å². The minimum absolute atomic E-state index is 0.0832. The Bertz CT molecular complexity index is 545. The number of carbonyl (C=O) groups is 1.